The molecule has 4 heterocycles. The van der Waals surface area contributed by atoms with E-state index in [1.54, 1.807) is 0 Å². The number of ether oxygens (including phenoxy) is 2. The van der Waals surface area contributed by atoms with E-state index in [0.29, 0.717) is 0 Å². The number of hydrogen-bond donors (Lipinski definition) is 5. The van der Waals surface area contributed by atoms with Crippen LogP contribution in [0, 0.1) is 0 Å². The molecule has 2 aliphatic heterocycles. The van der Waals surface area contributed by atoms with Crippen molar-refractivity contribution in [3.8, 4) is 0 Å². The van der Waals surface area contributed by atoms with Gasteiger partial charge in [-0.3, -0.25) is 18.2 Å². The number of nitrogens with two attached hydrogens (primary N) is 2. The molecule has 0 radical (unpaired) electrons. The third-order valence-electron chi connectivity index (χ3n) is 5.56. The second-order valence-electron chi connectivity index (χ2n) is 7.97. The maximum Gasteiger partial charge on any atom is 0.472 e. The van der Waals surface area contributed by atoms with Gasteiger partial charge < -0.3 is 36.0 Å². The molecule has 192 valence electrons. The van der Waals surface area contributed by atoms with Crippen LogP contribution in [0.1, 0.15) is 25.3 Å². The second-order valence-corrected chi connectivity index (χ2v) is 9.38. The molecule has 1 unspecified atom stereocenters. The minimum absolute atomic E-state index is 0.00519. The first-order chi connectivity index (χ1) is 16.6. The molecule has 2 aromatic heterocycles. The molecule has 0 aromatic carbocycles. The molecule has 2 fully saturated rings. The number of phosphoric ester groups is 1. The van der Waals surface area contributed by atoms with Gasteiger partial charge in [-0.2, -0.15) is 9.97 Å². The van der Waals surface area contributed by atoms with Gasteiger partial charge >= 0.3 is 19.2 Å². The molecule has 0 amide bonds. The number of phosphoric acid groups is 1. The predicted octanol–water partition coefficient (Wildman–Crippen LogP) is -1.90. The average molecular weight is 516 g/mol. The Morgan fingerprint density at radius 2 is 1.57 bits per heavy atom. The van der Waals surface area contributed by atoms with Gasteiger partial charge in [0.15, 0.2) is 0 Å². The van der Waals surface area contributed by atoms with Crippen LogP contribution in [-0.2, 0) is 23.1 Å². The van der Waals surface area contributed by atoms with Crippen molar-refractivity contribution >= 4 is 19.5 Å². The first kappa shape index (κ1) is 25.4. The van der Waals surface area contributed by atoms with Gasteiger partial charge in [0.25, 0.3) is 0 Å². The van der Waals surface area contributed by atoms with Gasteiger partial charge in [-0.05, 0) is 12.1 Å². The highest BCUT2D eigenvalue weighted by Crippen LogP contribution is 2.48. The van der Waals surface area contributed by atoms with E-state index in [1.165, 1.54) is 24.5 Å². The molecule has 2 aromatic rings. The van der Waals surface area contributed by atoms with Crippen LogP contribution in [0.15, 0.2) is 34.1 Å². The molecule has 35 heavy (non-hydrogen) atoms. The smallest absolute Gasteiger partial charge is 0.394 e. The van der Waals surface area contributed by atoms with E-state index < -0.39 is 69.3 Å². The number of rotatable bonds is 8. The Bertz CT molecular complexity index is 1220. The maximum absolute atomic E-state index is 12.6. The van der Waals surface area contributed by atoms with E-state index in [-0.39, 0.29) is 24.5 Å². The minimum atomic E-state index is -4.72. The van der Waals surface area contributed by atoms with Crippen LogP contribution in [0.25, 0.3) is 0 Å². The molecule has 7 N–H and O–H groups in total. The lowest BCUT2D eigenvalue weighted by atomic mass is 10.2. The highest BCUT2D eigenvalue weighted by atomic mass is 31.2. The number of nitrogens with zero attached hydrogens (tertiary/aromatic N) is 4. The zero-order chi connectivity index (χ0) is 25.3. The Hall–Kier alpha value is -2.69. The number of nitrogen functional groups attached to an aromatic ring is 2. The summed E-state index contributed by atoms with van der Waals surface area (Å²) in [5, 5.41) is 19.8. The Balaban J connectivity index is 1.36. The quantitative estimate of drug-likeness (QED) is 0.241. The fourth-order valence-corrected chi connectivity index (χ4v) is 4.80. The van der Waals surface area contributed by atoms with E-state index in [0.717, 1.165) is 9.13 Å². The third kappa shape index (κ3) is 5.76. The average Bonchev–Trinajstić information content (AvgIpc) is 3.34. The fourth-order valence-electron chi connectivity index (χ4n) is 3.84. The van der Waals surface area contributed by atoms with Crippen molar-refractivity contribution in [1.82, 2.24) is 19.1 Å². The monoisotopic (exact) mass is 516 g/mol. The van der Waals surface area contributed by atoms with Crippen LogP contribution in [0.3, 0.4) is 0 Å². The Morgan fingerprint density at radius 3 is 2.11 bits per heavy atom. The topological polar surface area (TPSA) is 236 Å². The molecule has 17 heteroatoms. The van der Waals surface area contributed by atoms with Crippen molar-refractivity contribution < 1.29 is 38.2 Å². The SMILES string of the molecule is Nc1ccn([C@H]2C[C@H](OP(=O)(O)OC[C@H]3O[C@@H](n4ccc(N)nc4=O)C[C@@H]3O)[C@@H](CO)O2)c(=O)n1. The zero-order valence-electron chi connectivity index (χ0n) is 18.2. The van der Waals surface area contributed by atoms with Crippen molar-refractivity contribution in [3.05, 3.63) is 45.5 Å². The molecule has 7 atom stereocenters. The third-order valence-corrected chi connectivity index (χ3v) is 6.57. The van der Waals surface area contributed by atoms with Gasteiger partial charge in [-0.15, -0.1) is 0 Å². The summed E-state index contributed by atoms with van der Waals surface area (Å²) in [5.41, 5.74) is 9.55. The van der Waals surface area contributed by atoms with E-state index >= 15 is 0 Å². The van der Waals surface area contributed by atoms with Crippen molar-refractivity contribution in [1.29, 1.82) is 0 Å². The summed E-state index contributed by atoms with van der Waals surface area (Å²) >= 11 is 0. The van der Waals surface area contributed by atoms with Crippen LogP contribution >= 0.6 is 7.82 Å². The van der Waals surface area contributed by atoms with Gasteiger partial charge in [-0.1, -0.05) is 0 Å². The van der Waals surface area contributed by atoms with Gasteiger partial charge in [0, 0.05) is 25.2 Å². The first-order valence-corrected chi connectivity index (χ1v) is 12.0. The van der Waals surface area contributed by atoms with E-state index in [4.69, 9.17) is 30.0 Å². The molecular formula is C18H25N6O10P. The van der Waals surface area contributed by atoms with Crippen molar-refractivity contribution in [3.63, 3.8) is 0 Å². The van der Waals surface area contributed by atoms with Gasteiger partial charge in [0.05, 0.1) is 19.3 Å². The summed E-state index contributed by atoms with van der Waals surface area (Å²) < 4.78 is 36.1. The number of hydrogen-bond acceptors (Lipinski definition) is 13. The molecular weight excluding hydrogens is 491 g/mol. The Morgan fingerprint density at radius 1 is 1.03 bits per heavy atom. The van der Waals surface area contributed by atoms with Crippen LogP contribution in [-0.4, -0.2) is 71.8 Å². The van der Waals surface area contributed by atoms with E-state index in [9.17, 15) is 29.3 Å². The fraction of sp³-hybridized carbons (Fsp3) is 0.556. The molecule has 2 aliphatic rings. The normalized spacial score (nSPS) is 30.4. The summed E-state index contributed by atoms with van der Waals surface area (Å²) in [5.74, 6) is 0.0417. The predicted molar refractivity (Wildman–Crippen MR) is 117 cm³/mol. The zero-order valence-corrected chi connectivity index (χ0v) is 19.1. The molecule has 0 aliphatic carbocycles. The summed E-state index contributed by atoms with van der Waals surface area (Å²) in [6, 6.07) is 2.77. The Kier molecular flexibility index (Phi) is 7.35. The van der Waals surface area contributed by atoms with Crippen molar-refractivity contribution in [2.45, 2.75) is 49.7 Å². The standard InChI is InChI=1S/C18H25N6O10P/c19-13-1-3-23(17(27)21-13)15-5-9(26)12(33-15)8-31-35(29,30)34-10-6-16(32-11(10)7-25)24-4-2-14(20)22-18(24)28/h1-4,9-12,15-16,25-26H,5-8H2,(H,29,30)(H2,19,21,27)(H2,20,22,28)/t9-,10-,11+,12+,15+,16+/m0/s1. The highest BCUT2D eigenvalue weighted by Gasteiger charge is 2.43. The Labute approximate surface area is 197 Å². The van der Waals surface area contributed by atoms with Crippen LogP contribution < -0.4 is 22.8 Å². The molecule has 16 nitrogen and oxygen atoms in total. The summed E-state index contributed by atoms with van der Waals surface area (Å²) in [6.45, 7) is -1.10. The number of anilines is 2. The van der Waals surface area contributed by atoms with Gasteiger partial charge in [0.2, 0.25) is 0 Å². The summed E-state index contributed by atoms with van der Waals surface area (Å²) in [6.07, 6.45) is -3.46. The van der Waals surface area contributed by atoms with E-state index in [1.807, 2.05) is 0 Å². The summed E-state index contributed by atoms with van der Waals surface area (Å²) in [4.78, 5) is 41.4. The van der Waals surface area contributed by atoms with Crippen LogP contribution in [0.2, 0.25) is 0 Å². The second kappa shape index (κ2) is 10.1. The van der Waals surface area contributed by atoms with Crippen molar-refractivity contribution in [2.24, 2.45) is 0 Å². The largest absolute Gasteiger partial charge is 0.472 e. The minimum Gasteiger partial charge on any atom is -0.394 e. The molecule has 0 saturated carbocycles. The summed E-state index contributed by atoms with van der Waals surface area (Å²) in [7, 11) is -4.72. The number of aliphatic hydroxyl groups is 2. The lowest BCUT2D eigenvalue weighted by Crippen LogP contribution is -2.29. The lowest BCUT2D eigenvalue weighted by molar-refractivity contribution is -0.0575. The van der Waals surface area contributed by atoms with Gasteiger partial charge in [0.1, 0.15) is 42.4 Å². The maximum atomic E-state index is 12.6. The molecule has 4 rings (SSSR count). The first-order valence-electron chi connectivity index (χ1n) is 10.5. The van der Waals surface area contributed by atoms with E-state index in [2.05, 4.69) is 9.97 Å². The number of aliphatic hydroxyl groups excluding tert-OH is 2. The molecule has 2 saturated heterocycles. The van der Waals surface area contributed by atoms with Crippen molar-refractivity contribution in [2.75, 3.05) is 24.7 Å². The molecule has 0 bridgehead atoms. The molecule has 0 spiro atoms. The highest BCUT2D eigenvalue weighted by molar-refractivity contribution is 7.47. The van der Waals surface area contributed by atoms with Crippen LogP contribution in [0.5, 0.6) is 0 Å². The lowest BCUT2D eigenvalue weighted by Gasteiger charge is -2.21. The number of aromatic nitrogens is 4. The van der Waals surface area contributed by atoms with Crippen LogP contribution in [0.4, 0.5) is 11.6 Å². The van der Waals surface area contributed by atoms with Gasteiger partial charge in [-0.25, -0.2) is 14.2 Å².